The molecule has 0 spiro atoms. The minimum Gasteiger partial charge on any atom is -0.507 e. The lowest BCUT2D eigenvalue weighted by molar-refractivity contribution is -0.126. The van der Waals surface area contributed by atoms with Crippen LogP contribution in [0.1, 0.15) is 11.3 Å². The van der Waals surface area contributed by atoms with Crippen LogP contribution >= 0.6 is 24.0 Å². The molecule has 14 heteroatoms. The number of carbonyl (C=O) groups excluding carboxylic acids is 2. The molecule has 3 heterocycles. The number of aryl methyl sites for hydroxylation is 1. The summed E-state index contributed by atoms with van der Waals surface area (Å²) in [5.41, 5.74) is 0.156. The maximum Gasteiger partial charge on any atom is 0.246 e. The summed E-state index contributed by atoms with van der Waals surface area (Å²) in [6.07, 6.45) is 5.07. The number of halogens is 2. The fourth-order valence-corrected chi connectivity index (χ4v) is 5.27. The third-order valence-corrected chi connectivity index (χ3v) is 7.61. The van der Waals surface area contributed by atoms with Gasteiger partial charge in [-0.1, -0.05) is 12.6 Å². The number of pyridine rings is 2. The summed E-state index contributed by atoms with van der Waals surface area (Å²) in [6.45, 7) is 6.29. The average molecular weight is 601 g/mol. The molecular weight excluding hydrogens is 574 g/mol. The fourth-order valence-electron chi connectivity index (χ4n) is 4.04. The summed E-state index contributed by atoms with van der Waals surface area (Å²) < 4.78 is 37.7. The maximum atomic E-state index is 15.7. The molecule has 2 N–H and O–H groups in total. The largest absolute Gasteiger partial charge is 0.507 e. The van der Waals surface area contributed by atoms with Crippen LogP contribution in [0.2, 0.25) is 0 Å². The standard InChI is InChI=1S/C27H26F2N6O4S2/c1-4-22(38)34-10-11-35(41-39-13-12-34)27(33-24-16(2)30-9-8-21(24)40-3)17-14-19(29)25(32-26(17)31-15-36)23-18(28)6-5-7-20(23)37/h4-9,14-15,37H,1,10-13H2,2-3H3,(H,31,32,36). The van der Waals surface area contributed by atoms with E-state index in [2.05, 4.69) is 21.9 Å². The van der Waals surface area contributed by atoms with Gasteiger partial charge in [-0.3, -0.25) is 23.1 Å². The smallest absolute Gasteiger partial charge is 0.246 e. The number of phenolic OH excluding ortho intramolecular Hbond substituents is 1. The van der Waals surface area contributed by atoms with Crippen molar-refractivity contribution < 1.29 is 27.7 Å². The highest BCUT2D eigenvalue weighted by Crippen LogP contribution is 2.36. The second-order valence-corrected chi connectivity index (χ2v) is 10.2. The molecule has 0 bridgehead atoms. The van der Waals surface area contributed by atoms with Gasteiger partial charge in [0.25, 0.3) is 0 Å². The number of nitrogens with zero attached hydrogens (tertiary/aromatic N) is 5. The normalized spacial score (nSPS) is 14.3. The summed E-state index contributed by atoms with van der Waals surface area (Å²) in [5.74, 6) is -2.69. The van der Waals surface area contributed by atoms with Crippen molar-refractivity contribution in [2.45, 2.75) is 11.8 Å². The zero-order valence-corrected chi connectivity index (χ0v) is 23.8. The first-order chi connectivity index (χ1) is 19.8. The van der Waals surface area contributed by atoms with E-state index in [0.29, 0.717) is 24.3 Å². The Kier molecular flexibility index (Phi) is 9.91. The molecule has 0 saturated carbocycles. The van der Waals surface area contributed by atoms with Crippen molar-refractivity contribution in [1.29, 1.82) is 0 Å². The van der Waals surface area contributed by atoms with Crippen molar-refractivity contribution in [1.82, 2.24) is 19.2 Å². The van der Waals surface area contributed by atoms with Crippen LogP contribution in [0.25, 0.3) is 11.3 Å². The summed E-state index contributed by atoms with van der Waals surface area (Å²) in [4.78, 5) is 39.7. The van der Waals surface area contributed by atoms with Gasteiger partial charge < -0.3 is 15.3 Å². The van der Waals surface area contributed by atoms with Crippen LogP contribution in [-0.4, -0.2) is 74.9 Å². The molecule has 1 aromatic carbocycles. The zero-order chi connectivity index (χ0) is 29.5. The topological polar surface area (TPSA) is 120 Å². The number of nitrogens with one attached hydrogen (secondary N) is 1. The van der Waals surface area contributed by atoms with Gasteiger partial charge in [-0.15, -0.1) is 11.8 Å². The van der Waals surface area contributed by atoms with Gasteiger partial charge in [0, 0.05) is 24.2 Å². The van der Waals surface area contributed by atoms with Crippen molar-refractivity contribution in [2.75, 3.05) is 37.8 Å². The zero-order valence-electron chi connectivity index (χ0n) is 22.1. The molecule has 4 rings (SSSR count). The van der Waals surface area contributed by atoms with Crippen LogP contribution in [0.5, 0.6) is 5.75 Å². The quantitative estimate of drug-likeness (QED) is 0.0755. The highest BCUT2D eigenvalue weighted by atomic mass is 32.2. The van der Waals surface area contributed by atoms with Crippen LogP contribution in [0, 0.1) is 18.6 Å². The van der Waals surface area contributed by atoms with Crippen LogP contribution in [0.15, 0.2) is 59.1 Å². The van der Waals surface area contributed by atoms with E-state index >= 15 is 4.39 Å². The van der Waals surface area contributed by atoms with Gasteiger partial charge >= 0.3 is 0 Å². The first-order valence-electron chi connectivity index (χ1n) is 12.2. The molecule has 1 aliphatic rings. The Morgan fingerprint density at radius 2 is 2.07 bits per heavy atom. The third kappa shape index (κ3) is 6.66. The van der Waals surface area contributed by atoms with Gasteiger partial charge in [0.15, 0.2) is 11.7 Å². The Labute approximate surface area is 243 Å². The number of aromatic hydroxyl groups is 1. The Bertz CT molecular complexity index is 1490. The van der Waals surface area contributed by atoms with Crippen LogP contribution in [-0.2, 0) is 13.8 Å². The molecular formula is C27H26F2N6O4S2. The van der Waals surface area contributed by atoms with Crippen molar-refractivity contribution in [2.24, 2.45) is 4.99 Å². The Morgan fingerprint density at radius 1 is 1.27 bits per heavy atom. The number of thioether (sulfide) groups is 1. The van der Waals surface area contributed by atoms with Gasteiger partial charge in [0.1, 0.15) is 41.0 Å². The number of anilines is 1. The van der Waals surface area contributed by atoms with E-state index < -0.39 is 28.6 Å². The molecule has 0 aliphatic carbocycles. The molecule has 41 heavy (non-hydrogen) atoms. The first kappa shape index (κ1) is 30.0. The predicted molar refractivity (Wildman–Crippen MR) is 155 cm³/mol. The monoisotopic (exact) mass is 600 g/mol. The molecule has 0 unspecified atom stereocenters. The molecule has 10 nitrogen and oxygen atoms in total. The number of amidine groups is 1. The van der Waals surface area contributed by atoms with E-state index in [9.17, 15) is 19.1 Å². The summed E-state index contributed by atoms with van der Waals surface area (Å²) in [6, 6.07) is 6.36. The lowest BCUT2D eigenvalue weighted by Gasteiger charge is -2.31. The number of benzene rings is 1. The average Bonchev–Trinajstić information content (AvgIpc) is 2.94. The highest BCUT2D eigenvalue weighted by molar-refractivity contribution is 7.98. The summed E-state index contributed by atoms with van der Waals surface area (Å²) in [7, 11) is 0. The lowest BCUT2D eigenvalue weighted by Crippen LogP contribution is -2.42. The molecule has 0 atom stereocenters. The molecule has 0 radical (unpaired) electrons. The number of carbonyl (C=O) groups is 2. The van der Waals surface area contributed by atoms with E-state index in [0.717, 1.165) is 29.3 Å². The van der Waals surface area contributed by atoms with Gasteiger partial charge in [-0.2, -0.15) is 0 Å². The lowest BCUT2D eigenvalue weighted by atomic mass is 10.1. The van der Waals surface area contributed by atoms with Crippen molar-refractivity contribution in [3.8, 4) is 17.0 Å². The molecule has 1 aliphatic heterocycles. The van der Waals surface area contributed by atoms with Crippen molar-refractivity contribution >= 4 is 53.6 Å². The van der Waals surface area contributed by atoms with Gasteiger partial charge in [-0.05, 0) is 43.5 Å². The SMILES string of the molecule is C=CC(=O)N1CCOSN(C(=Nc2c(SC)ccnc2C)c2cc(F)c(-c3c(O)cccc3F)nc2NC=O)CC1. The number of amides is 2. The van der Waals surface area contributed by atoms with Gasteiger partial charge in [0.2, 0.25) is 12.3 Å². The number of rotatable bonds is 7. The number of phenols is 1. The van der Waals surface area contributed by atoms with E-state index in [1.54, 1.807) is 28.4 Å². The molecule has 2 aromatic heterocycles. The first-order valence-corrected chi connectivity index (χ1v) is 14.2. The van der Waals surface area contributed by atoms with Crippen LogP contribution in [0.4, 0.5) is 20.3 Å². The molecule has 2 amide bonds. The maximum absolute atomic E-state index is 15.7. The van der Waals surface area contributed by atoms with E-state index in [1.807, 2.05) is 6.26 Å². The molecule has 1 fully saturated rings. The predicted octanol–water partition coefficient (Wildman–Crippen LogP) is 4.71. The Morgan fingerprint density at radius 3 is 2.78 bits per heavy atom. The highest BCUT2D eigenvalue weighted by Gasteiger charge is 2.27. The summed E-state index contributed by atoms with van der Waals surface area (Å²) >= 11 is 2.37. The van der Waals surface area contributed by atoms with Crippen molar-refractivity contribution in [3.63, 3.8) is 0 Å². The van der Waals surface area contributed by atoms with Crippen molar-refractivity contribution in [3.05, 3.63) is 72.1 Å². The number of aliphatic imine (C=N–C) groups is 1. The van der Waals surface area contributed by atoms with Crippen LogP contribution < -0.4 is 5.32 Å². The van der Waals surface area contributed by atoms with Crippen LogP contribution in [0.3, 0.4) is 0 Å². The Hall–Kier alpha value is -4.01. The molecule has 1 saturated heterocycles. The van der Waals surface area contributed by atoms with E-state index in [-0.39, 0.29) is 42.8 Å². The minimum atomic E-state index is -0.973. The number of hydrogen-bond acceptors (Lipinski definition) is 9. The third-order valence-electron chi connectivity index (χ3n) is 6.03. The Balaban J connectivity index is 1.93. The minimum absolute atomic E-state index is 0.0442. The molecule has 214 valence electrons. The summed E-state index contributed by atoms with van der Waals surface area (Å²) in [5, 5.41) is 12.7. The molecule has 3 aromatic rings. The van der Waals surface area contributed by atoms with Gasteiger partial charge in [0.05, 0.1) is 30.0 Å². The van der Waals surface area contributed by atoms with Gasteiger partial charge in [-0.25, -0.2) is 18.8 Å². The van der Waals surface area contributed by atoms with E-state index in [4.69, 9.17) is 9.18 Å². The van der Waals surface area contributed by atoms with E-state index in [1.165, 1.54) is 30.0 Å². The number of aromatic nitrogens is 2. The second kappa shape index (κ2) is 13.6. The fraction of sp³-hybridized carbons (Fsp3) is 0.222. The second-order valence-electron chi connectivity index (χ2n) is 8.52. The number of hydrogen-bond donors (Lipinski definition) is 2.